The van der Waals surface area contributed by atoms with Crippen LogP contribution in [0.25, 0.3) is 11.3 Å². The Morgan fingerprint density at radius 2 is 1.84 bits per heavy atom. The Labute approximate surface area is 148 Å². The van der Waals surface area contributed by atoms with Gasteiger partial charge in [-0.3, -0.25) is 9.69 Å². The number of carbonyl (C=O) groups is 1. The molecule has 1 amide bonds. The molecule has 2 aliphatic heterocycles. The largest absolute Gasteiger partial charge is 0.461 e. The Morgan fingerprint density at radius 3 is 2.56 bits per heavy atom. The highest BCUT2D eigenvalue weighted by molar-refractivity contribution is 5.94. The molecule has 0 saturated carbocycles. The Morgan fingerprint density at radius 1 is 1.04 bits per heavy atom. The molecule has 0 N–H and O–H groups in total. The lowest BCUT2D eigenvalue weighted by Crippen LogP contribution is -2.44. The van der Waals surface area contributed by atoms with Gasteiger partial charge < -0.3 is 14.1 Å². The van der Waals surface area contributed by atoms with E-state index in [9.17, 15) is 4.79 Å². The predicted octanol–water partition coefficient (Wildman–Crippen LogP) is 2.66. The van der Waals surface area contributed by atoms with Crippen LogP contribution in [0.1, 0.15) is 16.1 Å². The molecule has 0 spiro atoms. The summed E-state index contributed by atoms with van der Waals surface area (Å²) in [6.07, 6.45) is 0. The van der Waals surface area contributed by atoms with Crippen molar-refractivity contribution >= 4 is 5.91 Å². The number of fused-ring (bicyclic) bond motifs is 3. The lowest BCUT2D eigenvalue weighted by Gasteiger charge is -2.29. The van der Waals surface area contributed by atoms with Gasteiger partial charge in [0.2, 0.25) is 0 Å². The zero-order chi connectivity index (χ0) is 17.4. The number of amides is 1. The van der Waals surface area contributed by atoms with Crippen molar-refractivity contribution in [1.29, 1.82) is 0 Å². The molecule has 2 bridgehead atoms. The van der Waals surface area contributed by atoms with Crippen molar-refractivity contribution in [3.63, 3.8) is 0 Å². The minimum absolute atomic E-state index is 0.106. The number of nitrogens with zero attached hydrogens (tertiary/aromatic N) is 2. The van der Waals surface area contributed by atoms with Crippen molar-refractivity contribution in [3.05, 3.63) is 47.7 Å². The number of rotatable bonds is 2. The maximum Gasteiger partial charge on any atom is 0.253 e. The normalized spacial score (nSPS) is 24.2. The van der Waals surface area contributed by atoms with Gasteiger partial charge in [-0.1, -0.05) is 12.1 Å². The van der Waals surface area contributed by atoms with E-state index < -0.39 is 0 Å². The van der Waals surface area contributed by atoms with E-state index in [1.807, 2.05) is 48.2 Å². The van der Waals surface area contributed by atoms with Crippen LogP contribution in [0.3, 0.4) is 0 Å². The highest BCUT2D eigenvalue weighted by atomic mass is 16.5. The van der Waals surface area contributed by atoms with Crippen molar-refractivity contribution in [3.8, 4) is 11.3 Å². The molecule has 0 unspecified atom stereocenters. The van der Waals surface area contributed by atoms with E-state index in [0.29, 0.717) is 12.5 Å². The summed E-state index contributed by atoms with van der Waals surface area (Å²) in [5.41, 5.74) is 1.72. The molecule has 3 heterocycles. The van der Waals surface area contributed by atoms with Gasteiger partial charge in [0, 0.05) is 36.7 Å². The molecular formula is C20H24N2O3. The fourth-order valence-corrected chi connectivity index (χ4v) is 3.77. The summed E-state index contributed by atoms with van der Waals surface area (Å²) in [6.45, 7) is 5.85. The summed E-state index contributed by atoms with van der Waals surface area (Å²) >= 11 is 0. The first kappa shape index (κ1) is 16.4. The lowest BCUT2D eigenvalue weighted by atomic mass is 10.1. The molecule has 1 aromatic heterocycles. The summed E-state index contributed by atoms with van der Waals surface area (Å²) in [7, 11) is 2.13. The fraction of sp³-hybridized carbons (Fsp3) is 0.450. The first-order chi connectivity index (χ1) is 12.1. The molecule has 2 aliphatic rings. The van der Waals surface area contributed by atoms with E-state index in [1.54, 1.807) is 0 Å². The molecule has 5 nitrogen and oxygen atoms in total. The standard InChI is InChI=1S/C20H24N2O3/c1-14-3-8-19(25-14)16-4-6-17(7-5-16)20(23)22-10-15-9-21(2)18(11-22)13-24-12-15/h3-8,15,18H,9-13H2,1-2H3/t15-,18+/m1/s1. The average Bonchev–Trinajstić information content (AvgIpc) is 2.87. The molecule has 2 saturated heterocycles. The van der Waals surface area contributed by atoms with Gasteiger partial charge in [0.15, 0.2) is 0 Å². The zero-order valence-electron chi connectivity index (χ0n) is 14.8. The van der Waals surface area contributed by atoms with Crippen molar-refractivity contribution in [2.75, 3.05) is 39.9 Å². The number of hydrogen-bond donors (Lipinski definition) is 0. The van der Waals surface area contributed by atoms with E-state index >= 15 is 0 Å². The zero-order valence-corrected chi connectivity index (χ0v) is 14.8. The van der Waals surface area contributed by atoms with E-state index in [-0.39, 0.29) is 11.9 Å². The molecule has 0 aliphatic carbocycles. The van der Waals surface area contributed by atoms with Gasteiger partial charge in [-0.05, 0) is 38.2 Å². The summed E-state index contributed by atoms with van der Waals surface area (Å²) in [5.74, 6) is 2.21. The van der Waals surface area contributed by atoms with Gasteiger partial charge in [-0.15, -0.1) is 0 Å². The van der Waals surface area contributed by atoms with Crippen LogP contribution in [-0.2, 0) is 4.74 Å². The second-order valence-electron chi connectivity index (χ2n) is 7.19. The average molecular weight is 340 g/mol. The van der Waals surface area contributed by atoms with Crippen molar-refractivity contribution in [2.24, 2.45) is 5.92 Å². The molecule has 0 radical (unpaired) electrons. The number of aryl methyl sites for hydroxylation is 1. The van der Waals surface area contributed by atoms with Crippen molar-refractivity contribution in [1.82, 2.24) is 9.80 Å². The third-order valence-electron chi connectivity index (χ3n) is 5.19. The maximum absolute atomic E-state index is 13.0. The number of furan rings is 1. The summed E-state index contributed by atoms with van der Waals surface area (Å²) < 4.78 is 11.4. The van der Waals surface area contributed by atoms with Gasteiger partial charge in [0.25, 0.3) is 5.91 Å². The van der Waals surface area contributed by atoms with Gasteiger partial charge in [0.1, 0.15) is 11.5 Å². The van der Waals surface area contributed by atoms with Crippen LogP contribution in [0.5, 0.6) is 0 Å². The van der Waals surface area contributed by atoms with Crippen LogP contribution in [-0.4, -0.2) is 61.6 Å². The van der Waals surface area contributed by atoms with Crippen LogP contribution < -0.4 is 0 Å². The fourth-order valence-electron chi connectivity index (χ4n) is 3.77. The summed E-state index contributed by atoms with van der Waals surface area (Å²) in [4.78, 5) is 17.3. The minimum atomic E-state index is 0.106. The predicted molar refractivity (Wildman–Crippen MR) is 95.5 cm³/mol. The number of carbonyl (C=O) groups excluding carboxylic acids is 1. The third-order valence-corrected chi connectivity index (χ3v) is 5.19. The number of benzene rings is 1. The highest BCUT2D eigenvalue weighted by Gasteiger charge is 2.33. The summed E-state index contributed by atoms with van der Waals surface area (Å²) in [6, 6.07) is 11.9. The molecule has 132 valence electrons. The van der Waals surface area contributed by atoms with E-state index in [2.05, 4.69) is 11.9 Å². The first-order valence-electron chi connectivity index (χ1n) is 8.84. The third kappa shape index (κ3) is 3.34. The lowest BCUT2D eigenvalue weighted by molar-refractivity contribution is 0.0434. The molecule has 2 fully saturated rings. The van der Waals surface area contributed by atoms with Crippen molar-refractivity contribution in [2.45, 2.75) is 13.0 Å². The molecule has 5 heteroatoms. The maximum atomic E-state index is 13.0. The molecule has 2 aromatic rings. The number of hydrogen-bond acceptors (Lipinski definition) is 4. The van der Waals surface area contributed by atoms with Crippen LogP contribution in [0.15, 0.2) is 40.8 Å². The quantitative estimate of drug-likeness (QED) is 0.843. The van der Waals surface area contributed by atoms with Crippen molar-refractivity contribution < 1.29 is 13.9 Å². The first-order valence-corrected chi connectivity index (χ1v) is 8.84. The SMILES string of the molecule is Cc1ccc(-c2ccc(C(=O)N3C[C@@H]4COC[C@H](C3)N(C)C4)cc2)o1. The number of likely N-dealkylation sites (N-methyl/N-ethyl adjacent to an activating group) is 1. The molecular weight excluding hydrogens is 316 g/mol. The molecule has 1 aromatic carbocycles. The second kappa shape index (κ2) is 6.65. The van der Waals surface area contributed by atoms with Crippen LogP contribution >= 0.6 is 0 Å². The van der Waals surface area contributed by atoms with Crippen LogP contribution in [0.2, 0.25) is 0 Å². The van der Waals surface area contributed by atoms with E-state index in [4.69, 9.17) is 9.15 Å². The highest BCUT2D eigenvalue weighted by Crippen LogP contribution is 2.24. The van der Waals surface area contributed by atoms with Crippen LogP contribution in [0, 0.1) is 12.8 Å². The molecule has 2 atom stereocenters. The van der Waals surface area contributed by atoms with Gasteiger partial charge in [-0.2, -0.15) is 0 Å². The molecule has 4 rings (SSSR count). The minimum Gasteiger partial charge on any atom is -0.461 e. The molecule has 25 heavy (non-hydrogen) atoms. The van der Waals surface area contributed by atoms with Gasteiger partial charge >= 0.3 is 0 Å². The Hall–Kier alpha value is -2.11. The van der Waals surface area contributed by atoms with Gasteiger partial charge in [-0.25, -0.2) is 0 Å². The Bertz CT molecular complexity index is 753. The summed E-state index contributed by atoms with van der Waals surface area (Å²) in [5, 5.41) is 0. The Kier molecular flexibility index (Phi) is 4.36. The second-order valence-corrected chi connectivity index (χ2v) is 7.19. The van der Waals surface area contributed by atoms with E-state index in [1.165, 1.54) is 0 Å². The number of ether oxygens (including phenoxy) is 1. The van der Waals surface area contributed by atoms with Crippen LogP contribution in [0.4, 0.5) is 0 Å². The smallest absolute Gasteiger partial charge is 0.253 e. The Balaban J connectivity index is 1.52. The topological polar surface area (TPSA) is 45.9 Å². The van der Waals surface area contributed by atoms with E-state index in [0.717, 1.165) is 48.9 Å². The van der Waals surface area contributed by atoms with Gasteiger partial charge in [0.05, 0.1) is 19.3 Å². The monoisotopic (exact) mass is 340 g/mol.